The first-order valence-corrected chi connectivity index (χ1v) is 9.38. The van der Waals surface area contributed by atoms with Crippen LogP contribution in [0.1, 0.15) is 5.56 Å². The molecule has 0 fully saturated rings. The van der Waals surface area contributed by atoms with E-state index in [4.69, 9.17) is 16.7 Å². The molecule has 0 spiro atoms. The average molecular weight is 369 g/mol. The number of H-pyrrole nitrogens is 1. The van der Waals surface area contributed by atoms with E-state index in [-0.39, 0.29) is 5.84 Å². The van der Waals surface area contributed by atoms with E-state index in [0.717, 1.165) is 22.4 Å². The van der Waals surface area contributed by atoms with Gasteiger partial charge in [0.05, 0.1) is 20.3 Å². The van der Waals surface area contributed by atoms with Crippen LogP contribution in [-0.2, 0) is 9.71 Å². The third kappa shape index (κ3) is 3.45. The van der Waals surface area contributed by atoms with Crippen LogP contribution < -0.4 is 22.3 Å². The highest BCUT2D eigenvalue weighted by molar-refractivity contribution is 7.98. The maximum atomic E-state index is 12.4. The van der Waals surface area contributed by atoms with Crippen LogP contribution in [-0.4, -0.2) is 26.1 Å². The number of hydrogen-bond donors (Lipinski definition) is 5. The summed E-state index contributed by atoms with van der Waals surface area (Å²) in [7, 11) is -3.01. The monoisotopic (exact) mass is 369 g/mol. The van der Waals surface area contributed by atoms with Gasteiger partial charge in [0.2, 0.25) is 0 Å². The van der Waals surface area contributed by atoms with E-state index in [2.05, 4.69) is 26.7 Å². The van der Waals surface area contributed by atoms with Crippen LogP contribution in [0, 0.1) is 0 Å². The number of aromatic amines is 1. The first-order valence-electron chi connectivity index (χ1n) is 7.59. The molecule has 3 aromatic rings. The molecule has 0 aliphatic carbocycles. The van der Waals surface area contributed by atoms with E-state index in [1.807, 2.05) is 36.4 Å². The van der Waals surface area contributed by atoms with Gasteiger partial charge in [-0.25, -0.2) is 15.6 Å². The Balaban J connectivity index is 2.17. The summed E-state index contributed by atoms with van der Waals surface area (Å²) in [6.45, 7) is 0. The summed E-state index contributed by atoms with van der Waals surface area (Å²) in [6, 6.07) is 14.8. The zero-order chi connectivity index (χ0) is 18.7. The fourth-order valence-corrected chi connectivity index (χ4v) is 3.56. The molecule has 9 heteroatoms. The van der Waals surface area contributed by atoms with Crippen LogP contribution >= 0.6 is 0 Å². The van der Waals surface area contributed by atoms with Gasteiger partial charge in [-0.2, -0.15) is 5.10 Å². The summed E-state index contributed by atoms with van der Waals surface area (Å²) >= 11 is 0. The number of aromatic nitrogens is 2. The van der Waals surface area contributed by atoms with Crippen molar-refractivity contribution in [3.8, 4) is 22.4 Å². The van der Waals surface area contributed by atoms with Crippen LogP contribution in [0.25, 0.3) is 22.4 Å². The number of hydrogen-bond acceptors (Lipinski definition) is 5. The molecule has 1 unspecified atom stereocenters. The zero-order valence-electron chi connectivity index (χ0n) is 13.8. The number of benzene rings is 2. The summed E-state index contributed by atoms with van der Waals surface area (Å²) in [6.07, 6.45) is 1.69. The van der Waals surface area contributed by atoms with Crippen molar-refractivity contribution in [3.05, 3.63) is 60.3 Å². The van der Waals surface area contributed by atoms with Crippen molar-refractivity contribution in [2.45, 2.75) is 4.90 Å². The third-order valence-electron chi connectivity index (χ3n) is 3.85. The number of nitrogens with zero attached hydrogens (tertiary/aromatic N) is 2. The Hall–Kier alpha value is -3.14. The molecular weight excluding hydrogens is 350 g/mol. The quantitative estimate of drug-likeness (QED) is 0.148. The fourth-order valence-electron chi connectivity index (χ4n) is 2.70. The van der Waals surface area contributed by atoms with E-state index in [0.29, 0.717) is 10.5 Å². The molecule has 1 aromatic heterocycles. The van der Waals surface area contributed by atoms with Crippen molar-refractivity contribution < 1.29 is 4.21 Å². The van der Waals surface area contributed by atoms with Gasteiger partial charge >= 0.3 is 0 Å². The van der Waals surface area contributed by atoms with Crippen LogP contribution in [0.4, 0.5) is 0 Å². The molecule has 0 aliphatic rings. The Morgan fingerprint density at radius 3 is 2.42 bits per heavy atom. The van der Waals surface area contributed by atoms with Gasteiger partial charge in [-0.1, -0.05) is 36.4 Å². The van der Waals surface area contributed by atoms with Gasteiger partial charge in [-0.15, -0.1) is 5.10 Å². The number of nitrogens with one attached hydrogen (secondary N) is 2. The molecule has 8 nitrogen and oxygen atoms in total. The molecule has 0 radical (unpaired) electrons. The molecule has 2 aromatic carbocycles. The first kappa shape index (κ1) is 17.7. The standard InChI is InChI=1S/C17H19N7OS/c1-26(20,25)15-4-2-3-13(16(15)17(18)23-24-19)11-5-7-12(8-6-11)14-9-10-21-22-14/h2-10,24H,1,19H2,(H2,18,23)(H2,20,25)(H,21,22). The van der Waals surface area contributed by atoms with Gasteiger partial charge in [-0.3, -0.25) is 10.2 Å². The second-order valence-corrected chi connectivity index (χ2v) is 7.47. The molecular formula is C17H19N7OS. The Kier molecular flexibility index (Phi) is 4.76. The maximum Gasteiger partial charge on any atom is 0.153 e. The topological polar surface area (TPSA) is 148 Å². The summed E-state index contributed by atoms with van der Waals surface area (Å²) in [5, 5.41) is 16.4. The van der Waals surface area contributed by atoms with E-state index in [1.165, 1.54) is 0 Å². The van der Waals surface area contributed by atoms with Crippen LogP contribution in [0.5, 0.6) is 0 Å². The Morgan fingerprint density at radius 2 is 1.85 bits per heavy atom. The van der Waals surface area contributed by atoms with E-state index >= 15 is 0 Å². The van der Waals surface area contributed by atoms with E-state index in [9.17, 15) is 4.21 Å². The fraction of sp³-hybridized carbons (Fsp3) is 0. The number of amidine groups is 1. The van der Waals surface area contributed by atoms with Crippen molar-refractivity contribution in [1.29, 1.82) is 0 Å². The van der Waals surface area contributed by atoms with Crippen molar-refractivity contribution in [3.63, 3.8) is 0 Å². The minimum atomic E-state index is -3.01. The van der Waals surface area contributed by atoms with Crippen molar-refractivity contribution in [1.82, 2.24) is 15.7 Å². The molecule has 134 valence electrons. The second kappa shape index (κ2) is 7.00. The van der Waals surface area contributed by atoms with Gasteiger partial charge in [0.25, 0.3) is 0 Å². The molecule has 1 heterocycles. The number of nitrogens with two attached hydrogens (primary N) is 3. The predicted octanol–water partition coefficient (Wildman–Crippen LogP) is 0.776. The minimum absolute atomic E-state index is 0.0672. The largest absolute Gasteiger partial charge is 0.382 e. The van der Waals surface area contributed by atoms with E-state index < -0.39 is 9.71 Å². The Bertz CT molecular complexity index is 1040. The third-order valence-corrected chi connectivity index (χ3v) is 4.93. The summed E-state index contributed by atoms with van der Waals surface area (Å²) in [5.41, 5.74) is 12.1. The van der Waals surface area contributed by atoms with Gasteiger partial charge in [0, 0.05) is 11.8 Å². The van der Waals surface area contributed by atoms with Crippen LogP contribution in [0.2, 0.25) is 0 Å². The lowest BCUT2D eigenvalue weighted by molar-refractivity contribution is 0.682. The number of hydrazone groups is 1. The molecule has 0 bridgehead atoms. The summed E-state index contributed by atoms with van der Waals surface area (Å²) < 4.78 is 12.4. The zero-order valence-corrected chi connectivity index (χ0v) is 14.7. The Labute approximate surface area is 151 Å². The SMILES string of the molecule is C=S(N)(=O)c1cccc(-c2ccc(-c3ccn[nH]3)cc2)c1/C(N)=N/NN. The second-order valence-electron chi connectivity index (χ2n) is 5.58. The highest BCUT2D eigenvalue weighted by Gasteiger charge is 2.18. The molecule has 0 saturated carbocycles. The van der Waals surface area contributed by atoms with Crippen LogP contribution in [0.3, 0.4) is 0 Å². The van der Waals surface area contributed by atoms with E-state index in [1.54, 1.807) is 18.3 Å². The number of rotatable bonds is 5. The lowest BCUT2D eigenvalue weighted by Gasteiger charge is -2.15. The molecule has 26 heavy (non-hydrogen) atoms. The highest BCUT2D eigenvalue weighted by Crippen LogP contribution is 2.30. The molecule has 3 rings (SSSR count). The molecule has 0 aliphatic heterocycles. The van der Waals surface area contributed by atoms with Gasteiger partial charge in [-0.05, 0) is 34.7 Å². The van der Waals surface area contributed by atoms with Crippen LogP contribution in [0.15, 0.2) is 64.7 Å². The molecule has 0 saturated heterocycles. The lowest BCUT2D eigenvalue weighted by Crippen LogP contribution is -2.26. The Morgan fingerprint density at radius 1 is 1.15 bits per heavy atom. The van der Waals surface area contributed by atoms with Crippen molar-refractivity contribution in [2.75, 3.05) is 0 Å². The molecule has 1 atom stereocenters. The average Bonchev–Trinajstić information content (AvgIpc) is 3.15. The predicted molar refractivity (Wildman–Crippen MR) is 105 cm³/mol. The molecule has 0 amide bonds. The number of hydrazine groups is 1. The smallest absolute Gasteiger partial charge is 0.153 e. The molecule has 8 N–H and O–H groups in total. The first-order chi connectivity index (χ1) is 12.4. The summed E-state index contributed by atoms with van der Waals surface area (Å²) in [4.78, 5) is 0.309. The van der Waals surface area contributed by atoms with Crippen molar-refractivity contribution >= 4 is 21.4 Å². The summed E-state index contributed by atoms with van der Waals surface area (Å²) in [5.74, 6) is 8.87. The maximum absolute atomic E-state index is 12.4. The normalized spacial score (nSPS) is 14.0. The highest BCUT2D eigenvalue weighted by atomic mass is 32.2. The van der Waals surface area contributed by atoms with Crippen molar-refractivity contribution in [2.24, 2.45) is 21.8 Å². The van der Waals surface area contributed by atoms with Gasteiger partial charge in [0.1, 0.15) is 0 Å². The van der Waals surface area contributed by atoms with Gasteiger partial charge < -0.3 is 5.73 Å². The lowest BCUT2D eigenvalue weighted by atomic mass is 9.97. The minimum Gasteiger partial charge on any atom is -0.382 e. The van der Waals surface area contributed by atoms with Gasteiger partial charge in [0.15, 0.2) is 5.84 Å².